The number of likely N-dealkylation sites (tertiary alicyclic amines) is 1. The molecule has 3 saturated carbocycles. The fourth-order valence-electron chi connectivity index (χ4n) is 9.06. The molecule has 3 heterocycles. The van der Waals surface area contributed by atoms with Gasteiger partial charge >= 0.3 is 0 Å². The molecule has 4 aliphatic carbocycles. The highest BCUT2D eigenvalue weighted by Gasteiger charge is 2.83. The molecule has 2 bridgehead atoms. The summed E-state index contributed by atoms with van der Waals surface area (Å²) < 4.78 is 11.8. The molecule has 36 heavy (non-hydrogen) atoms. The normalized spacial score (nSPS) is 39.4. The highest BCUT2D eigenvalue weighted by Crippen LogP contribution is 2.75. The van der Waals surface area contributed by atoms with Gasteiger partial charge in [0.25, 0.3) is 0 Å². The Kier molecular flexibility index (Phi) is 4.00. The van der Waals surface area contributed by atoms with Crippen LogP contribution in [0.5, 0.6) is 11.5 Å². The third-order valence-electron chi connectivity index (χ3n) is 10.4. The molecule has 2 N–H and O–H groups in total. The minimum absolute atomic E-state index is 0.0372. The van der Waals surface area contributed by atoms with Crippen LogP contribution < -0.4 is 4.74 Å². The van der Waals surface area contributed by atoms with Crippen molar-refractivity contribution in [2.45, 2.75) is 67.7 Å². The van der Waals surface area contributed by atoms with Gasteiger partial charge in [-0.15, -0.1) is 0 Å². The summed E-state index contributed by atoms with van der Waals surface area (Å²) in [5.74, 6) is 1.33. The predicted molar refractivity (Wildman–Crippen MR) is 132 cm³/mol. The van der Waals surface area contributed by atoms with E-state index < -0.39 is 11.0 Å². The van der Waals surface area contributed by atoms with Gasteiger partial charge in [-0.05, 0) is 68.2 Å². The number of nitrogens with zero attached hydrogens (tertiary/aromatic N) is 2. The number of phenols is 1. The molecule has 7 heteroatoms. The van der Waals surface area contributed by atoms with Gasteiger partial charge in [-0.25, -0.2) is 0 Å². The lowest BCUT2D eigenvalue weighted by atomic mass is 9.56. The van der Waals surface area contributed by atoms with Crippen molar-refractivity contribution in [3.8, 4) is 11.5 Å². The molecule has 4 fully saturated rings. The third kappa shape index (κ3) is 2.44. The van der Waals surface area contributed by atoms with Crippen molar-refractivity contribution in [1.29, 1.82) is 0 Å². The number of likely N-dealkylation sites (N-methyl/N-ethyl adjacent to an activating group) is 1. The number of aliphatic hydroxyl groups is 1. The molecule has 1 saturated heterocycles. The molecule has 1 aromatic heterocycles. The average molecular weight is 489 g/mol. The number of hydrogen-bond donors (Lipinski definition) is 2. The second-order valence-corrected chi connectivity index (χ2v) is 12.3. The Morgan fingerprint density at radius 2 is 2.14 bits per heavy atom. The van der Waals surface area contributed by atoms with Gasteiger partial charge in [-0.2, -0.15) is 0 Å². The first-order valence-corrected chi connectivity index (χ1v) is 13.3. The summed E-state index contributed by atoms with van der Waals surface area (Å²) in [7, 11) is 1.84. The molecule has 0 radical (unpaired) electrons. The second-order valence-electron chi connectivity index (χ2n) is 12.3. The summed E-state index contributed by atoms with van der Waals surface area (Å²) in [5.41, 5.74) is 1.56. The van der Waals surface area contributed by atoms with Gasteiger partial charge in [-0.1, -0.05) is 6.07 Å². The number of aromatic hydroxyl groups is 1. The van der Waals surface area contributed by atoms with Gasteiger partial charge in [0.2, 0.25) is 5.91 Å². The van der Waals surface area contributed by atoms with Crippen LogP contribution in [0.15, 0.2) is 41.2 Å². The number of fused-ring (bicyclic) bond motifs is 1. The zero-order valence-electron chi connectivity index (χ0n) is 20.5. The van der Waals surface area contributed by atoms with Crippen molar-refractivity contribution in [3.05, 3.63) is 53.5 Å². The number of carbonyl (C=O) groups is 1. The number of phenolic OH excluding ortho intramolecular Hbond substituents is 1. The number of hydrogen-bond acceptors (Lipinski definition) is 6. The average Bonchev–Trinajstić information content (AvgIpc) is 3.32. The van der Waals surface area contributed by atoms with E-state index in [0.29, 0.717) is 18.6 Å². The Bertz CT molecular complexity index is 1300. The van der Waals surface area contributed by atoms with Crippen molar-refractivity contribution >= 4 is 12.0 Å². The summed E-state index contributed by atoms with van der Waals surface area (Å²) in [4.78, 5) is 17.6. The summed E-state index contributed by atoms with van der Waals surface area (Å²) in [5, 5.41) is 23.6. The molecule has 7 nitrogen and oxygen atoms in total. The lowest BCUT2D eigenvalue weighted by Crippen LogP contribution is -2.73. The van der Waals surface area contributed by atoms with Crippen molar-refractivity contribution in [2.24, 2.45) is 11.3 Å². The van der Waals surface area contributed by atoms with Gasteiger partial charge in [-0.3, -0.25) is 9.69 Å². The molecule has 8 rings (SSSR count). The molecule has 188 valence electrons. The molecule has 2 aliphatic heterocycles. The molecule has 6 atom stereocenters. The number of amides is 1. The Balaban J connectivity index is 1.21. The monoisotopic (exact) mass is 488 g/mol. The van der Waals surface area contributed by atoms with Crippen LogP contribution in [0.25, 0.3) is 6.08 Å². The zero-order valence-corrected chi connectivity index (χ0v) is 20.5. The van der Waals surface area contributed by atoms with E-state index in [1.807, 2.05) is 19.2 Å². The van der Waals surface area contributed by atoms with Gasteiger partial charge in [0.15, 0.2) is 11.5 Å². The van der Waals surface area contributed by atoms with Crippen LogP contribution in [-0.4, -0.2) is 69.8 Å². The van der Waals surface area contributed by atoms with Crippen LogP contribution in [0.4, 0.5) is 0 Å². The smallest absolute Gasteiger partial charge is 0.246 e. The number of furan rings is 1. The van der Waals surface area contributed by atoms with Crippen LogP contribution in [0.1, 0.15) is 48.8 Å². The van der Waals surface area contributed by atoms with Crippen LogP contribution in [0.2, 0.25) is 0 Å². The summed E-state index contributed by atoms with van der Waals surface area (Å²) in [6.45, 7) is 2.10. The first-order valence-electron chi connectivity index (χ1n) is 13.3. The molecular formula is C29H32N2O5. The standard InChI is InChI=1S/C29H32N2O5/c1-30(22(33)7-4-18-9-11-35-14-18)20-8-10-29(34)26-27(16-31(26)13-17-2-3-17)12-19-5-6-21(32)24-23(19)28(29,15-27)25(20)36-24/h4-7,9,11,14,17,20,25-26,32,34H,2-3,8,10,12-13,15-16H2,1H3/b7-4+/t20-,25+,26-,27+,28+,29-/m1/s1. The molecule has 1 aromatic carbocycles. The fourth-order valence-corrected chi connectivity index (χ4v) is 9.06. The van der Waals surface area contributed by atoms with E-state index >= 15 is 0 Å². The summed E-state index contributed by atoms with van der Waals surface area (Å²) >= 11 is 0. The number of benzene rings is 1. The highest BCUT2D eigenvalue weighted by atomic mass is 16.5. The zero-order chi connectivity index (χ0) is 24.4. The van der Waals surface area contributed by atoms with E-state index in [1.165, 1.54) is 18.4 Å². The largest absolute Gasteiger partial charge is 0.504 e. The number of ether oxygens (including phenoxy) is 1. The Morgan fingerprint density at radius 3 is 2.92 bits per heavy atom. The van der Waals surface area contributed by atoms with Crippen LogP contribution in [-0.2, 0) is 16.6 Å². The lowest BCUT2D eigenvalue weighted by molar-refractivity contribution is -0.175. The van der Waals surface area contributed by atoms with E-state index in [2.05, 4.69) is 4.90 Å². The van der Waals surface area contributed by atoms with Gasteiger partial charge < -0.3 is 24.3 Å². The maximum absolute atomic E-state index is 13.3. The Labute approximate surface area is 210 Å². The number of rotatable bonds is 5. The highest BCUT2D eigenvalue weighted by molar-refractivity contribution is 5.92. The van der Waals surface area contributed by atoms with Gasteiger partial charge in [0, 0.05) is 48.8 Å². The molecule has 1 amide bonds. The van der Waals surface area contributed by atoms with Crippen LogP contribution in [0.3, 0.4) is 0 Å². The maximum Gasteiger partial charge on any atom is 0.246 e. The first-order chi connectivity index (χ1) is 17.4. The van der Waals surface area contributed by atoms with Crippen molar-refractivity contribution < 1.29 is 24.2 Å². The van der Waals surface area contributed by atoms with Crippen molar-refractivity contribution in [2.75, 3.05) is 20.1 Å². The molecule has 2 spiro atoms. The van der Waals surface area contributed by atoms with Gasteiger partial charge in [0.05, 0.1) is 29.6 Å². The molecular weight excluding hydrogens is 456 g/mol. The number of carbonyl (C=O) groups excluding carboxylic acids is 1. The topological polar surface area (TPSA) is 86.4 Å². The summed E-state index contributed by atoms with van der Waals surface area (Å²) in [6, 6.07) is 5.51. The van der Waals surface area contributed by atoms with E-state index in [4.69, 9.17) is 9.15 Å². The Morgan fingerprint density at radius 1 is 1.28 bits per heavy atom. The second kappa shape index (κ2) is 6.75. The molecule has 6 aliphatic rings. The van der Waals surface area contributed by atoms with E-state index in [1.54, 1.807) is 35.6 Å². The SMILES string of the molecule is CN(C(=O)/C=C/c1ccoc1)[C@@H]1CC[C@@]2(O)[C@@H]3N(CC4CC4)C[C@@]34Cc3ccc(O)c5c3[C@@]2(C4)[C@H]1O5. The minimum Gasteiger partial charge on any atom is -0.504 e. The fraction of sp³-hybridized carbons (Fsp3) is 0.552. The van der Waals surface area contributed by atoms with E-state index in [9.17, 15) is 15.0 Å². The van der Waals surface area contributed by atoms with E-state index in [-0.39, 0.29) is 35.3 Å². The van der Waals surface area contributed by atoms with Crippen molar-refractivity contribution in [3.63, 3.8) is 0 Å². The summed E-state index contributed by atoms with van der Waals surface area (Å²) in [6.07, 6.45) is 11.8. The molecule has 2 aromatic rings. The lowest BCUT2D eigenvalue weighted by Gasteiger charge is -2.59. The first kappa shape index (κ1) is 21.3. The van der Waals surface area contributed by atoms with Crippen LogP contribution in [0, 0.1) is 11.3 Å². The third-order valence-corrected chi connectivity index (χ3v) is 10.4. The predicted octanol–water partition coefficient (Wildman–Crippen LogP) is 3.09. The van der Waals surface area contributed by atoms with E-state index in [0.717, 1.165) is 43.0 Å². The van der Waals surface area contributed by atoms with Crippen LogP contribution >= 0.6 is 0 Å². The molecule has 0 unspecified atom stereocenters. The maximum atomic E-state index is 13.3. The van der Waals surface area contributed by atoms with Crippen molar-refractivity contribution in [1.82, 2.24) is 9.80 Å². The Hall–Kier alpha value is -2.77. The minimum atomic E-state index is -0.928. The van der Waals surface area contributed by atoms with Gasteiger partial charge in [0.1, 0.15) is 6.10 Å². The quantitative estimate of drug-likeness (QED) is 0.629.